The molecular formula is C11H14F3NO3. The molecule has 0 aliphatic heterocycles. The molecule has 4 nitrogen and oxygen atoms in total. The van der Waals surface area contributed by atoms with E-state index < -0.39 is 29.7 Å². The third kappa shape index (κ3) is 3.59. The van der Waals surface area contributed by atoms with Crippen LogP contribution < -0.4 is 5.73 Å². The molecule has 0 aliphatic carbocycles. The number of aliphatic hydroxyl groups is 2. The minimum atomic E-state index is -4.63. The van der Waals surface area contributed by atoms with Gasteiger partial charge in [0.05, 0.1) is 11.7 Å². The highest BCUT2D eigenvalue weighted by Gasteiger charge is 2.32. The topological polar surface area (TPSA) is 86.7 Å². The van der Waals surface area contributed by atoms with E-state index in [0.717, 1.165) is 6.07 Å². The summed E-state index contributed by atoms with van der Waals surface area (Å²) >= 11 is 0. The molecule has 1 aromatic rings. The number of aromatic hydroxyl groups is 1. The fourth-order valence-electron chi connectivity index (χ4n) is 1.52. The molecule has 2 atom stereocenters. The Morgan fingerprint density at radius 2 is 1.78 bits per heavy atom. The zero-order valence-corrected chi connectivity index (χ0v) is 9.35. The van der Waals surface area contributed by atoms with Gasteiger partial charge in [0.15, 0.2) is 0 Å². The van der Waals surface area contributed by atoms with Gasteiger partial charge in [-0.05, 0) is 36.7 Å². The van der Waals surface area contributed by atoms with Crippen molar-refractivity contribution in [1.82, 2.24) is 0 Å². The van der Waals surface area contributed by atoms with Gasteiger partial charge in [-0.3, -0.25) is 0 Å². The summed E-state index contributed by atoms with van der Waals surface area (Å²) in [5.74, 6) is -0.626. The minimum absolute atomic E-state index is 0.0399. The van der Waals surface area contributed by atoms with E-state index in [9.17, 15) is 28.5 Å². The van der Waals surface area contributed by atoms with Crippen molar-refractivity contribution in [2.45, 2.75) is 24.8 Å². The van der Waals surface area contributed by atoms with Crippen LogP contribution >= 0.6 is 0 Å². The van der Waals surface area contributed by atoms with E-state index in [1.54, 1.807) is 0 Å². The molecule has 0 spiro atoms. The van der Waals surface area contributed by atoms with E-state index >= 15 is 0 Å². The lowest BCUT2D eigenvalue weighted by Crippen LogP contribution is -2.22. The van der Waals surface area contributed by atoms with Crippen LogP contribution in [0.25, 0.3) is 0 Å². The molecule has 0 aromatic heterocycles. The maximum Gasteiger partial charge on any atom is 0.416 e. The summed E-state index contributed by atoms with van der Waals surface area (Å²) < 4.78 is 37.5. The van der Waals surface area contributed by atoms with Crippen LogP contribution in [0.1, 0.15) is 23.7 Å². The van der Waals surface area contributed by atoms with Gasteiger partial charge in [0, 0.05) is 0 Å². The summed E-state index contributed by atoms with van der Waals surface area (Å²) in [6.07, 6.45) is -7.40. The first-order valence-electron chi connectivity index (χ1n) is 5.23. The second-order valence-electron chi connectivity index (χ2n) is 3.90. The average Bonchev–Trinajstić information content (AvgIpc) is 2.26. The van der Waals surface area contributed by atoms with Gasteiger partial charge in [0.1, 0.15) is 11.9 Å². The zero-order chi connectivity index (χ0) is 13.9. The fourth-order valence-corrected chi connectivity index (χ4v) is 1.52. The van der Waals surface area contributed by atoms with Gasteiger partial charge >= 0.3 is 6.18 Å². The second kappa shape index (κ2) is 5.55. The Balaban J connectivity index is 3.06. The Morgan fingerprint density at radius 1 is 1.17 bits per heavy atom. The van der Waals surface area contributed by atoms with Gasteiger partial charge in [0.2, 0.25) is 0 Å². The van der Waals surface area contributed by atoms with Crippen LogP contribution in [0.3, 0.4) is 0 Å². The molecule has 0 fully saturated rings. The Morgan fingerprint density at radius 3 is 2.28 bits per heavy atom. The largest absolute Gasteiger partial charge is 0.508 e. The molecular weight excluding hydrogens is 251 g/mol. The van der Waals surface area contributed by atoms with Crippen molar-refractivity contribution in [1.29, 1.82) is 0 Å². The number of halogens is 3. The number of benzene rings is 1. The van der Waals surface area contributed by atoms with E-state index in [0.29, 0.717) is 12.1 Å². The number of hydrogen-bond donors (Lipinski definition) is 4. The Kier molecular flexibility index (Phi) is 4.55. The fraction of sp³-hybridized carbons (Fsp3) is 0.455. The lowest BCUT2D eigenvalue weighted by atomic mass is 9.99. The van der Waals surface area contributed by atoms with Crippen molar-refractivity contribution in [2.24, 2.45) is 5.73 Å². The predicted octanol–water partition coefficient (Wildman–Crippen LogP) is 1.15. The molecule has 0 saturated heterocycles. The van der Waals surface area contributed by atoms with Crippen LogP contribution in [-0.4, -0.2) is 28.0 Å². The Bertz CT molecular complexity index is 409. The van der Waals surface area contributed by atoms with Gasteiger partial charge in [0.25, 0.3) is 0 Å². The highest BCUT2D eigenvalue weighted by Crippen LogP contribution is 2.34. The average molecular weight is 265 g/mol. The SMILES string of the molecule is NCCC(O)C(O)c1cc(O)cc(C(F)(F)F)c1. The van der Waals surface area contributed by atoms with E-state index in [2.05, 4.69) is 0 Å². The number of nitrogens with two attached hydrogens (primary N) is 1. The standard InChI is InChI=1S/C11H14F3NO3/c12-11(13,14)7-3-6(4-8(16)5-7)10(18)9(17)1-2-15/h3-5,9-10,16-18H,1-2,15H2. The van der Waals surface area contributed by atoms with Gasteiger partial charge in [-0.2, -0.15) is 13.2 Å². The smallest absolute Gasteiger partial charge is 0.416 e. The van der Waals surface area contributed by atoms with E-state index in [1.165, 1.54) is 0 Å². The molecule has 0 aliphatic rings. The summed E-state index contributed by atoms with van der Waals surface area (Å²) in [6.45, 7) is 0.0865. The van der Waals surface area contributed by atoms with Crippen molar-refractivity contribution in [3.8, 4) is 5.75 Å². The molecule has 0 saturated carbocycles. The van der Waals surface area contributed by atoms with Crippen molar-refractivity contribution in [3.63, 3.8) is 0 Å². The van der Waals surface area contributed by atoms with Crippen molar-refractivity contribution in [3.05, 3.63) is 29.3 Å². The van der Waals surface area contributed by atoms with Crippen LogP contribution in [0.4, 0.5) is 13.2 Å². The lowest BCUT2D eigenvalue weighted by Gasteiger charge is -2.19. The van der Waals surface area contributed by atoms with E-state index in [1.807, 2.05) is 0 Å². The molecule has 7 heteroatoms. The van der Waals surface area contributed by atoms with Crippen LogP contribution in [0.15, 0.2) is 18.2 Å². The number of rotatable bonds is 4. The van der Waals surface area contributed by atoms with E-state index in [4.69, 9.17) is 5.73 Å². The molecule has 5 N–H and O–H groups in total. The van der Waals surface area contributed by atoms with Crippen molar-refractivity contribution < 1.29 is 28.5 Å². The Hall–Kier alpha value is -1.31. The zero-order valence-electron chi connectivity index (χ0n) is 9.35. The third-order valence-electron chi connectivity index (χ3n) is 2.44. The molecule has 1 rings (SSSR count). The summed E-state index contributed by atoms with van der Waals surface area (Å²) in [4.78, 5) is 0. The number of aliphatic hydroxyl groups excluding tert-OH is 2. The number of alkyl halides is 3. The normalized spacial score (nSPS) is 15.4. The quantitative estimate of drug-likeness (QED) is 0.658. The number of phenols is 1. The summed E-state index contributed by atoms with van der Waals surface area (Å²) in [5, 5.41) is 28.3. The predicted molar refractivity (Wildman–Crippen MR) is 57.7 cm³/mol. The lowest BCUT2D eigenvalue weighted by molar-refractivity contribution is -0.137. The molecule has 18 heavy (non-hydrogen) atoms. The first-order valence-corrected chi connectivity index (χ1v) is 5.23. The molecule has 2 unspecified atom stereocenters. The van der Waals surface area contributed by atoms with Crippen LogP contribution in [0.5, 0.6) is 5.75 Å². The van der Waals surface area contributed by atoms with Crippen LogP contribution in [0.2, 0.25) is 0 Å². The highest BCUT2D eigenvalue weighted by molar-refractivity contribution is 5.36. The molecule has 102 valence electrons. The van der Waals surface area contributed by atoms with Crippen molar-refractivity contribution in [2.75, 3.05) is 6.54 Å². The first-order chi connectivity index (χ1) is 8.25. The first kappa shape index (κ1) is 14.7. The summed E-state index contributed by atoms with van der Waals surface area (Å²) in [7, 11) is 0. The third-order valence-corrected chi connectivity index (χ3v) is 2.44. The highest BCUT2D eigenvalue weighted by atomic mass is 19.4. The van der Waals surface area contributed by atoms with Gasteiger partial charge in [-0.1, -0.05) is 0 Å². The molecule has 1 aromatic carbocycles. The summed E-state index contributed by atoms with van der Waals surface area (Å²) in [6, 6.07) is 2.20. The van der Waals surface area contributed by atoms with Gasteiger partial charge in [-0.15, -0.1) is 0 Å². The maximum absolute atomic E-state index is 12.5. The van der Waals surface area contributed by atoms with E-state index in [-0.39, 0.29) is 18.5 Å². The van der Waals surface area contributed by atoms with Gasteiger partial charge < -0.3 is 21.1 Å². The molecule has 0 radical (unpaired) electrons. The van der Waals surface area contributed by atoms with Crippen LogP contribution in [-0.2, 0) is 6.18 Å². The maximum atomic E-state index is 12.5. The second-order valence-corrected chi connectivity index (χ2v) is 3.90. The number of phenolic OH excluding ortho intramolecular Hbond substituents is 1. The van der Waals surface area contributed by atoms with Crippen LogP contribution in [0, 0.1) is 0 Å². The number of hydrogen-bond acceptors (Lipinski definition) is 4. The van der Waals surface area contributed by atoms with Crippen molar-refractivity contribution >= 4 is 0 Å². The van der Waals surface area contributed by atoms with Gasteiger partial charge in [-0.25, -0.2) is 0 Å². The summed E-state index contributed by atoms with van der Waals surface area (Å²) in [5.41, 5.74) is 3.88. The Labute approximate surface area is 101 Å². The minimum Gasteiger partial charge on any atom is -0.508 e. The molecule has 0 heterocycles. The molecule has 0 bridgehead atoms. The molecule has 0 amide bonds. The monoisotopic (exact) mass is 265 g/mol.